The molecule has 0 saturated carbocycles. The number of ether oxygens (including phenoxy) is 5. The largest absolute Gasteiger partial charge is 0.465 e. The van der Waals surface area contributed by atoms with Gasteiger partial charge in [0.2, 0.25) is 6.29 Å². The van der Waals surface area contributed by atoms with Gasteiger partial charge < -0.3 is 59.4 Å². The Labute approximate surface area is 188 Å². The number of methoxy groups -OCH3 is 1. The second-order valence-electron chi connectivity index (χ2n) is 7.61. The summed E-state index contributed by atoms with van der Waals surface area (Å²) in [4.78, 5) is 12.1. The SMILES string of the molecule is COC(=O)c1ccccc1O[C@H]1O[C@@H](CO)[C@@H](O)[C@@H](O)[C@@H]1O[C@@H]1O[C@@H](CO)[C@@H](O)[C@@H](O)[C@H]1O. The minimum atomic E-state index is -1.80. The molecule has 0 aromatic heterocycles. The van der Waals surface area contributed by atoms with Crippen molar-refractivity contribution in [2.45, 2.75) is 61.4 Å². The molecule has 7 N–H and O–H groups in total. The number of aliphatic hydroxyl groups excluding tert-OH is 7. The number of para-hydroxylation sites is 1. The van der Waals surface area contributed by atoms with E-state index in [1.165, 1.54) is 19.2 Å². The second kappa shape index (κ2) is 11.0. The summed E-state index contributed by atoms with van der Waals surface area (Å²) in [5.41, 5.74) is 0.0105. The van der Waals surface area contributed by atoms with Gasteiger partial charge in [0, 0.05) is 0 Å². The van der Waals surface area contributed by atoms with Crippen molar-refractivity contribution in [3.63, 3.8) is 0 Å². The summed E-state index contributed by atoms with van der Waals surface area (Å²) < 4.78 is 26.8. The molecular weight excluding hydrogens is 448 g/mol. The molecule has 0 radical (unpaired) electrons. The number of carbonyl (C=O) groups is 1. The van der Waals surface area contributed by atoms with Crippen LogP contribution in [0.25, 0.3) is 0 Å². The molecule has 2 saturated heterocycles. The van der Waals surface area contributed by atoms with E-state index in [-0.39, 0.29) is 11.3 Å². The van der Waals surface area contributed by atoms with Gasteiger partial charge in [0.25, 0.3) is 0 Å². The van der Waals surface area contributed by atoms with Gasteiger partial charge in [0.05, 0.1) is 20.3 Å². The molecule has 13 nitrogen and oxygen atoms in total. The van der Waals surface area contributed by atoms with Crippen molar-refractivity contribution in [2.24, 2.45) is 0 Å². The molecule has 3 rings (SSSR count). The van der Waals surface area contributed by atoms with Gasteiger partial charge in [-0.3, -0.25) is 0 Å². The Morgan fingerprint density at radius 1 is 0.848 bits per heavy atom. The van der Waals surface area contributed by atoms with Crippen LogP contribution in [0.5, 0.6) is 5.75 Å². The lowest BCUT2D eigenvalue weighted by molar-refractivity contribution is -0.357. The molecule has 2 aliphatic rings. The summed E-state index contributed by atoms with van der Waals surface area (Å²) in [6, 6.07) is 5.92. The van der Waals surface area contributed by atoms with Crippen molar-refractivity contribution in [1.82, 2.24) is 0 Å². The van der Waals surface area contributed by atoms with Crippen LogP contribution in [0.4, 0.5) is 0 Å². The predicted molar refractivity (Wildman–Crippen MR) is 105 cm³/mol. The number of carbonyl (C=O) groups excluding carboxylic acids is 1. The highest BCUT2D eigenvalue weighted by Gasteiger charge is 2.51. The van der Waals surface area contributed by atoms with Crippen LogP contribution in [0, 0.1) is 0 Å². The number of rotatable bonds is 7. The predicted octanol–water partition coefficient (Wildman–Crippen LogP) is -3.52. The third-order valence-corrected chi connectivity index (χ3v) is 5.50. The molecule has 2 fully saturated rings. The van der Waals surface area contributed by atoms with E-state index in [0.717, 1.165) is 0 Å². The van der Waals surface area contributed by atoms with Gasteiger partial charge in [-0.2, -0.15) is 0 Å². The maximum atomic E-state index is 12.1. The molecule has 13 heteroatoms. The molecule has 0 spiro atoms. The molecule has 2 heterocycles. The van der Waals surface area contributed by atoms with Crippen LogP contribution in [-0.2, 0) is 18.9 Å². The number of esters is 1. The summed E-state index contributed by atoms with van der Waals surface area (Å²) in [7, 11) is 1.17. The minimum absolute atomic E-state index is 0.0105. The van der Waals surface area contributed by atoms with Gasteiger partial charge in [0.15, 0.2) is 12.4 Å². The maximum absolute atomic E-state index is 12.1. The molecule has 2 aliphatic heterocycles. The quantitative estimate of drug-likeness (QED) is 0.191. The average molecular weight is 476 g/mol. The first-order chi connectivity index (χ1) is 15.7. The van der Waals surface area contributed by atoms with Crippen LogP contribution in [0.2, 0.25) is 0 Å². The Bertz CT molecular complexity index is 789. The Hall–Kier alpha value is -1.91. The van der Waals surface area contributed by atoms with Crippen molar-refractivity contribution < 1.29 is 64.2 Å². The van der Waals surface area contributed by atoms with Crippen LogP contribution < -0.4 is 4.74 Å². The third-order valence-electron chi connectivity index (χ3n) is 5.50. The summed E-state index contributed by atoms with van der Waals surface area (Å²) in [6.45, 7) is -1.40. The van der Waals surface area contributed by atoms with Crippen LogP contribution in [0.15, 0.2) is 24.3 Å². The van der Waals surface area contributed by atoms with Crippen LogP contribution in [0.3, 0.4) is 0 Å². The Morgan fingerprint density at radius 3 is 2.03 bits per heavy atom. The lowest BCUT2D eigenvalue weighted by Gasteiger charge is -2.45. The zero-order valence-corrected chi connectivity index (χ0v) is 17.6. The van der Waals surface area contributed by atoms with Crippen molar-refractivity contribution >= 4 is 5.97 Å². The molecule has 0 unspecified atom stereocenters. The highest BCUT2D eigenvalue weighted by atomic mass is 16.8. The van der Waals surface area contributed by atoms with Crippen molar-refractivity contribution in [2.75, 3.05) is 20.3 Å². The topological polar surface area (TPSA) is 205 Å². The van der Waals surface area contributed by atoms with Gasteiger partial charge in [-0.1, -0.05) is 12.1 Å². The lowest BCUT2D eigenvalue weighted by atomic mass is 9.97. The van der Waals surface area contributed by atoms with E-state index in [9.17, 15) is 40.5 Å². The van der Waals surface area contributed by atoms with Crippen molar-refractivity contribution in [3.8, 4) is 5.75 Å². The van der Waals surface area contributed by atoms with Gasteiger partial charge in [0.1, 0.15) is 54.0 Å². The Balaban J connectivity index is 1.88. The summed E-state index contributed by atoms with van der Waals surface area (Å²) >= 11 is 0. The first-order valence-corrected chi connectivity index (χ1v) is 10.2. The molecule has 33 heavy (non-hydrogen) atoms. The molecule has 0 bridgehead atoms. The monoisotopic (exact) mass is 476 g/mol. The normalized spacial score (nSPS) is 39.2. The lowest BCUT2D eigenvalue weighted by Crippen LogP contribution is -2.65. The minimum Gasteiger partial charge on any atom is -0.465 e. The fraction of sp³-hybridized carbons (Fsp3) is 0.650. The molecular formula is C20H28O13. The molecule has 1 aromatic rings. The zero-order chi connectivity index (χ0) is 24.3. The van der Waals surface area contributed by atoms with Crippen LogP contribution in [-0.4, -0.2) is 123 Å². The molecule has 186 valence electrons. The summed E-state index contributed by atoms with van der Waals surface area (Å²) in [5, 5.41) is 70.0. The van der Waals surface area contributed by atoms with E-state index < -0.39 is 80.6 Å². The Kier molecular flexibility index (Phi) is 8.58. The number of hydrogen-bond acceptors (Lipinski definition) is 13. The van der Waals surface area contributed by atoms with Gasteiger partial charge in [-0.15, -0.1) is 0 Å². The highest BCUT2D eigenvalue weighted by Crippen LogP contribution is 2.31. The van der Waals surface area contributed by atoms with E-state index >= 15 is 0 Å². The van der Waals surface area contributed by atoms with Gasteiger partial charge in [-0.25, -0.2) is 4.79 Å². The molecule has 10 atom stereocenters. The van der Waals surface area contributed by atoms with E-state index in [2.05, 4.69) is 0 Å². The third kappa shape index (κ3) is 5.27. The molecule has 1 aromatic carbocycles. The fourth-order valence-electron chi connectivity index (χ4n) is 3.60. The first kappa shape index (κ1) is 25.7. The summed E-state index contributed by atoms with van der Waals surface area (Å²) in [6.07, 6.45) is -15.9. The number of aliphatic hydroxyl groups is 7. The van der Waals surface area contributed by atoms with E-state index in [1.54, 1.807) is 12.1 Å². The summed E-state index contributed by atoms with van der Waals surface area (Å²) in [5.74, 6) is -0.760. The second-order valence-corrected chi connectivity index (χ2v) is 7.61. The average Bonchev–Trinajstić information content (AvgIpc) is 2.83. The zero-order valence-electron chi connectivity index (χ0n) is 17.6. The van der Waals surface area contributed by atoms with E-state index in [4.69, 9.17) is 23.7 Å². The Morgan fingerprint density at radius 2 is 1.42 bits per heavy atom. The van der Waals surface area contributed by atoms with Gasteiger partial charge in [-0.05, 0) is 12.1 Å². The number of hydrogen-bond donors (Lipinski definition) is 7. The number of benzene rings is 1. The standard InChI is InChI=1S/C20H28O13/c1-29-18(28)8-4-2-3-5-9(8)30-20-17(15(26)13(24)11(7-22)32-20)33-19-16(27)14(25)12(23)10(6-21)31-19/h2-5,10-17,19-27H,6-7H2,1H3/t10-,11-,12+,13+,14+,15+,16+,17-,19-,20-/m0/s1. The highest BCUT2D eigenvalue weighted by molar-refractivity contribution is 5.92. The maximum Gasteiger partial charge on any atom is 0.341 e. The fourth-order valence-corrected chi connectivity index (χ4v) is 3.60. The van der Waals surface area contributed by atoms with E-state index in [1.807, 2.05) is 0 Å². The van der Waals surface area contributed by atoms with Crippen LogP contribution in [0.1, 0.15) is 10.4 Å². The van der Waals surface area contributed by atoms with Crippen LogP contribution >= 0.6 is 0 Å². The van der Waals surface area contributed by atoms with Crippen molar-refractivity contribution in [3.05, 3.63) is 29.8 Å². The van der Waals surface area contributed by atoms with E-state index in [0.29, 0.717) is 0 Å². The smallest absolute Gasteiger partial charge is 0.341 e. The molecule has 0 aliphatic carbocycles. The molecule has 0 amide bonds. The van der Waals surface area contributed by atoms with Gasteiger partial charge >= 0.3 is 5.97 Å². The first-order valence-electron chi connectivity index (χ1n) is 10.2. The van der Waals surface area contributed by atoms with Crippen molar-refractivity contribution in [1.29, 1.82) is 0 Å².